The summed E-state index contributed by atoms with van der Waals surface area (Å²) in [6.07, 6.45) is 0. The molecule has 0 atom stereocenters. The fourth-order valence-electron chi connectivity index (χ4n) is 2.00. The predicted molar refractivity (Wildman–Crippen MR) is 93.1 cm³/mol. The molecule has 0 amide bonds. The van der Waals surface area contributed by atoms with Gasteiger partial charge in [0.2, 0.25) is 0 Å². The van der Waals surface area contributed by atoms with Crippen molar-refractivity contribution in [2.24, 2.45) is 0 Å². The third kappa shape index (κ3) is 3.28. The number of nitrogens with zero attached hydrogens (tertiary/aromatic N) is 1. The van der Waals surface area contributed by atoms with Crippen LogP contribution in [0.4, 0.5) is 5.13 Å². The number of carbonyl (C=O) groups excluding carboxylic acids is 1. The normalized spacial score (nSPS) is 10.6. The molecule has 0 unspecified atom stereocenters. The molecule has 0 aliphatic carbocycles. The summed E-state index contributed by atoms with van der Waals surface area (Å²) in [6.45, 7) is 0.221. The Morgan fingerprint density at radius 2 is 2.05 bits per heavy atom. The van der Waals surface area contributed by atoms with Gasteiger partial charge < -0.3 is 10.1 Å². The average Bonchev–Trinajstić information content (AvgIpc) is 2.95. The van der Waals surface area contributed by atoms with Crippen LogP contribution in [0.5, 0.6) is 5.75 Å². The van der Waals surface area contributed by atoms with Crippen LogP contribution in [0.25, 0.3) is 10.2 Å². The molecule has 0 saturated carbocycles. The van der Waals surface area contributed by atoms with E-state index in [2.05, 4.69) is 26.2 Å². The molecule has 1 heterocycles. The fourth-order valence-corrected chi connectivity index (χ4v) is 3.16. The number of ketones is 1. The summed E-state index contributed by atoms with van der Waals surface area (Å²) in [5.41, 5.74) is 1.57. The van der Waals surface area contributed by atoms with Gasteiger partial charge in [0, 0.05) is 10.0 Å². The highest BCUT2D eigenvalue weighted by atomic mass is 79.9. The molecular formula is C16H13BrN2O2S. The highest BCUT2D eigenvalue weighted by molar-refractivity contribution is 9.10. The van der Waals surface area contributed by atoms with E-state index in [0.29, 0.717) is 5.56 Å². The van der Waals surface area contributed by atoms with Crippen LogP contribution in [0.15, 0.2) is 46.9 Å². The molecule has 22 heavy (non-hydrogen) atoms. The van der Waals surface area contributed by atoms with Gasteiger partial charge in [0.15, 0.2) is 10.9 Å². The van der Waals surface area contributed by atoms with Crippen molar-refractivity contribution in [3.63, 3.8) is 0 Å². The van der Waals surface area contributed by atoms with Gasteiger partial charge in [0.25, 0.3) is 0 Å². The standard InChI is InChI=1S/C16H13BrN2O2S/c1-21-12-6-7-13-15(8-12)22-16(19-13)18-9-14(20)10-2-4-11(17)5-3-10/h2-8H,9H2,1H3,(H,18,19). The number of nitrogens with one attached hydrogen (secondary N) is 1. The Hall–Kier alpha value is -1.92. The number of carbonyl (C=O) groups is 1. The SMILES string of the molecule is COc1ccc2nc(NCC(=O)c3ccc(Br)cc3)sc2c1. The van der Waals surface area contributed by atoms with Crippen LogP contribution in [0.1, 0.15) is 10.4 Å². The van der Waals surface area contributed by atoms with E-state index in [1.807, 2.05) is 30.3 Å². The van der Waals surface area contributed by atoms with E-state index in [1.54, 1.807) is 19.2 Å². The van der Waals surface area contributed by atoms with Crippen molar-refractivity contribution in [1.82, 2.24) is 4.98 Å². The Morgan fingerprint density at radius 1 is 1.27 bits per heavy atom. The summed E-state index contributed by atoms with van der Waals surface area (Å²) in [4.78, 5) is 16.6. The molecule has 4 nitrogen and oxygen atoms in total. The number of rotatable bonds is 5. The van der Waals surface area contributed by atoms with Crippen molar-refractivity contribution >= 4 is 48.4 Å². The molecule has 3 rings (SSSR count). The second-order valence-corrected chi connectivity index (χ2v) is 6.58. The average molecular weight is 377 g/mol. The summed E-state index contributed by atoms with van der Waals surface area (Å²) >= 11 is 4.86. The molecule has 1 aromatic heterocycles. The smallest absolute Gasteiger partial charge is 0.184 e. The number of ether oxygens (including phenoxy) is 1. The summed E-state index contributed by atoms with van der Waals surface area (Å²) in [6, 6.07) is 13.0. The summed E-state index contributed by atoms with van der Waals surface area (Å²) in [5.74, 6) is 0.831. The highest BCUT2D eigenvalue weighted by Gasteiger charge is 2.08. The number of hydrogen-bond acceptors (Lipinski definition) is 5. The number of methoxy groups -OCH3 is 1. The zero-order valence-electron chi connectivity index (χ0n) is 11.8. The molecule has 112 valence electrons. The number of thiazole rings is 1. The van der Waals surface area contributed by atoms with Gasteiger partial charge in [0.05, 0.1) is 23.9 Å². The first-order chi connectivity index (χ1) is 10.7. The minimum atomic E-state index is 0.0318. The van der Waals surface area contributed by atoms with Gasteiger partial charge >= 0.3 is 0 Å². The van der Waals surface area contributed by atoms with Crippen molar-refractivity contribution in [2.45, 2.75) is 0 Å². The highest BCUT2D eigenvalue weighted by Crippen LogP contribution is 2.29. The Balaban J connectivity index is 1.70. The molecule has 0 fully saturated rings. The number of Topliss-reactive ketones (excluding diaryl/α,β-unsaturated/α-hetero) is 1. The van der Waals surface area contributed by atoms with Crippen LogP contribution in [-0.2, 0) is 0 Å². The van der Waals surface area contributed by atoms with E-state index in [0.717, 1.165) is 25.6 Å². The molecule has 0 aliphatic heterocycles. The molecule has 0 radical (unpaired) electrons. The molecular weight excluding hydrogens is 364 g/mol. The molecule has 0 bridgehead atoms. The number of anilines is 1. The topological polar surface area (TPSA) is 51.2 Å². The van der Waals surface area contributed by atoms with Crippen molar-refractivity contribution < 1.29 is 9.53 Å². The van der Waals surface area contributed by atoms with Gasteiger partial charge in [0.1, 0.15) is 5.75 Å². The summed E-state index contributed by atoms with van der Waals surface area (Å²) < 4.78 is 7.18. The van der Waals surface area contributed by atoms with Crippen LogP contribution >= 0.6 is 27.3 Å². The first kappa shape index (κ1) is 15.0. The Kier molecular flexibility index (Phi) is 4.40. The lowest BCUT2D eigenvalue weighted by Gasteiger charge is -2.02. The van der Waals surface area contributed by atoms with Gasteiger partial charge in [-0.15, -0.1) is 0 Å². The minimum absolute atomic E-state index is 0.0318. The molecule has 6 heteroatoms. The van der Waals surface area contributed by atoms with Gasteiger partial charge in [-0.1, -0.05) is 39.4 Å². The Morgan fingerprint density at radius 3 is 2.77 bits per heavy atom. The van der Waals surface area contributed by atoms with E-state index < -0.39 is 0 Å². The first-order valence-electron chi connectivity index (χ1n) is 6.63. The van der Waals surface area contributed by atoms with E-state index >= 15 is 0 Å². The van der Waals surface area contributed by atoms with Crippen molar-refractivity contribution in [3.8, 4) is 5.75 Å². The lowest BCUT2D eigenvalue weighted by molar-refractivity contribution is 0.101. The maximum Gasteiger partial charge on any atom is 0.184 e. The van der Waals surface area contributed by atoms with E-state index in [1.165, 1.54) is 11.3 Å². The van der Waals surface area contributed by atoms with Gasteiger partial charge in [-0.3, -0.25) is 4.79 Å². The van der Waals surface area contributed by atoms with Crippen LogP contribution in [-0.4, -0.2) is 24.4 Å². The predicted octanol–water partition coefficient (Wildman–Crippen LogP) is 4.36. The second-order valence-electron chi connectivity index (χ2n) is 4.64. The molecule has 0 spiro atoms. The largest absolute Gasteiger partial charge is 0.497 e. The van der Waals surface area contributed by atoms with Gasteiger partial charge in [-0.2, -0.15) is 0 Å². The Bertz CT molecular complexity index is 815. The fraction of sp³-hybridized carbons (Fsp3) is 0.125. The molecule has 3 aromatic rings. The third-order valence-electron chi connectivity index (χ3n) is 3.16. The lowest BCUT2D eigenvalue weighted by atomic mass is 10.1. The first-order valence-corrected chi connectivity index (χ1v) is 8.24. The number of aromatic nitrogens is 1. The van der Waals surface area contributed by atoms with Crippen molar-refractivity contribution in [1.29, 1.82) is 0 Å². The van der Waals surface area contributed by atoms with Crippen LogP contribution in [0.2, 0.25) is 0 Å². The molecule has 0 saturated heterocycles. The maximum atomic E-state index is 12.1. The quantitative estimate of drug-likeness (QED) is 0.672. The lowest BCUT2D eigenvalue weighted by Crippen LogP contribution is -2.13. The minimum Gasteiger partial charge on any atom is -0.497 e. The van der Waals surface area contributed by atoms with Gasteiger partial charge in [-0.25, -0.2) is 4.98 Å². The van der Waals surface area contributed by atoms with Crippen LogP contribution in [0, 0.1) is 0 Å². The van der Waals surface area contributed by atoms with Crippen molar-refractivity contribution in [2.75, 3.05) is 19.0 Å². The summed E-state index contributed by atoms with van der Waals surface area (Å²) in [7, 11) is 1.64. The maximum absolute atomic E-state index is 12.1. The van der Waals surface area contributed by atoms with Crippen LogP contribution in [0.3, 0.4) is 0 Å². The summed E-state index contributed by atoms with van der Waals surface area (Å²) in [5, 5.41) is 3.82. The van der Waals surface area contributed by atoms with Crippen molar-refractivity contribution in [3.05, 3.63) is 52.5 Å². The van der Waals surface area contributed by atoms with Gasteiger partial charge in [-0.05, 0) is 30.3 Å². The number of hydrogen-bond donors (Lipinski definition) is 1. The number of halogens is 1. The zero-order chi connectivity index (χ0) is 15.5. The monoisotopic (exact) mass is 376 g/mol. The van der Waals surface area contributed by atoms with E-state index in [4.69, 9.17) is 4.74 Å². The number of fused-ring (bicyclic) bond motifs is 1. The zero-order valence-corrected chi connectivity index (χ0v) is 14.2. The number of benzene rings is 2. The molecule has 2 aromatic carbocycles. The third-order valence-corrected chi connectivity index (χ3v) is 4.67. The Labute approximate surface area is 140 Å². The van der Waals surface area contributed by atoms with E-state index in [9.17, 15) is 4.79 Å². The second kappa shape index (κ2) is 6.46. The van der Waals surface area contributed by atoms with E-state index in [-0.39, 0.29) is 12.3 Å². The molecule has 1 N–H and O–H groups in total. The van der Waals surface area contributed by atoms with Crippen LogP contribution < -0.4 is 10.1 Å². The molecule has 0 aliphatic rings.